The van der Waals surface area contributed by atoms with Crippen molar-refractivity contribution in [3.63, 3.8) is 0 Å². The fourth-order valence-electron chi connectivity index (χ4n) is 8.59. The molecule has 3 aliphatic heterocycles. The van der Waals surface area contributed by atoms with Crippen LogP contribution in [-0.2, 0) is 36.1 Å². The highest BCUT2D eigenvalue weighted by Gasteiger charge is 2.52. The Morgan fingerprint density at radius 3 is 1.90 bits per heavy atom. The molecule has 2 aromatic carbocycles. The maximum absolute atomic E-state index is 9.83. The average molecular weight is 828 g/mol. The van der Waals surface area contributed by atoms with Crippen molar-refractivity contribution in [1.82, 2.24) is 25.1 Å². The number of piperidine rings is 2. The minimum absolute atomic E-state index is 0.0216. The minimum Gasteiger partial charge on any atom is -0.394 e. The van der Waals surface area contributed by atoms with Crippen LogP contribution < -0.4 is 5.32 Å². The van der Waals surface area contributed by atoms with Gasteiger partial charge in [0.25, 0.3) is 0 Å². The number of halogens is 2. The summed E-state index contributed by atoms with van der Waals surface area (Å²) in [6, 6.07) is 24.6. The van der Waals surface area contributed by atoms with E-state index in [2.05, 4.69) is 73.4 Å². The van der Waals surface area contributed by atoms with E-state index in [4.69, 9.17) is 42.9 Å². The molecule has 7 rings (SSSR count). The van der Waals surface area contributed by atoms with Gasteiger partial charge in [0.15, 0.2) is 5.72 Å². The maximum atomic E-state index is 9.83. The molecule has 3 aliphatic rings. The molecule has 0 bridgehead atoms. The van der Waals surface area contributed by atoms with Gasteiger partial charge < -0.3 is 19.6 Å². The molecule has 2 N–H and O–H groups in total. The molecule has 0 saturated carbocycles. The van der Waals surface area contributed by atoms with Crippen LogP contribution in [0, 0.1) is 11.8 Å². The average Bonchev–Trinajstić information content (AvgIpc) is 3.55. The quantitative estimate of drug-likeness (QED) is 0.138. The second kappa shape index (κ2) is 19.9. The summed E-state index contributed by atoms with van der Waals surface area (Å²) in [5, 5.41) is 15.3. The van der Waals surface area contributed by atoms with Gasteiger partial charge in [-0.2, -0.15) is 0 Å². The van der Waals surface area contributed by atoms with Crippen LogP contribution in [0.1, 0.15) is 87.0 Å². The summed E-state index contributed by atoms with van der Waals surface area (Å²) in [4.78, 5) is 19.5. The lowest BCUT2D eigenvalue weighted by Gasteiger charge is -2.42. The van der Waals surface area contributed by atoms with E-state index in [1.54, 1.807) is 0 Å². The summed E-state index contributed by atoms with van der Waals surface area (Å²) in [6.07, 6.45) is 11.8. The van der Waals surface area contributed by atoms with Gasteiger partial charge in [-0.1, -0.05) is 59.6 Å². The van der Waals surface area contributed by atoms with E-state index < -0.39 is 11.3 Å². The fourth-order valence-corrected chi connectivity index (χ4v) is 9.02. The Balaban J connectivity index is 0.000000196. The zero-order valence-corrected chi connectivity index (χ0v) is 37.0. The Morgan fingerprint density at radius 2 is 1.34 bits per heavy atom. The number of hydrogen-bond donors (Lipinski definition) is 2. The van der Waals surface area contributed by atoms with E-state index in [9.17, 15) is 5.11 Å². The number of aliphatic hydroxyl groups excluding tert-OH is 1. The van der Waals surface area contributed by atoms with E-state index in [0.717, 1.165) is 105 Å². The van der Waals surface area contributed by atoms with E-state index in [1.165, 1.54) is 22.3 Å². The van der Waals surface area contributed by atoms with Gasteiger partial charge in [0.1, 0.15) is 0 Å². The molecule has 0 radical (unpaired) electrons. The highest BCUT2D eigenvalue weighted by atomic mass is 35.5. The topological polar surface area (TPSA) is 86.1 Å². The zero-order valence-electron chi connectivity index (χ0n) is 35.5. The Kier molecular flexibility index (Phi) is 15.2. The number of aliphatic hydroxyl groups is 1. The van der Waals surface area contributed by atoms with Crippen LogP contribution in [0.25, 0.3) is 0 Å². The van der Waals surface area contributed by atoms with Crippen molar-refractivity contribution in [2.24, 2.45) is 16.8 Å². The molecule has 1 atom stereocenters. The summed E-state index contributed by atoms with van der Waals surface area (Å²) in [7, 11) is 4.37. The number of benzene rings is 2. The first-order valence-electron chi connectivity index (χ1n) is 21.1. The molecule has 58 heavy (non-hydrogen) atoms. The number of nitrogens with one attached hydrogen (secondary N) is 1. The summed E-state index contributed by atoms with van der Waals surface area (Å²) in [6.45, 7) is 13.5. The van der Waals surface area contributed by atoms with Gasteiger partial charge in [0.2, 0.25) is 0 Å². The predicted octanol–water partition coefficient (Wildman–Crippen LogP) is 8.84. The Bertz CT molecular complexity index is 1970. The highest BCUT2D eigenvalue weighted by molar-refractivity contribution is 6.30. The molecule has 1 unspecified atom stereocenters. The van der Waals surface area contributed by atoms with Gasteiger partial charge in [0.05, 0.1) is 35.9 Å². The van der Waals surface area contributed by atoms with Gasteiger partial charge in [-0.3, -0.25) is 20.3 Å². The first kappa shape index (κ1) is 44.3. The molecule has 0 aliphatic carbocycles. The Morgan fingerprint density at radius 1 is 0.793 bits per heavy atom. The van der Waals surface area contributed by atoms with Crippen LogP contribution >= 0.6 is 23.2 Å². The van der Waals surface area contributed by atoms with E-state index in [-0.39, 0.29) is 12.1 Å². The van der Waals surface area contributed by atoms with Crippen molar-refractivity contribution in [3.05, 3.63) is 129 Å². The monoisotopic (exact) mass is 826 g/mol. The number of aromatic nitrogens is 2. The molecule has 0 spiro atoms. The summed E-state index contributed by atoms with van der Waals surface area (Å²) >= 11 is 12.3. The smallest absolute Gasteiger partial charge is 0.165 e. The number of pyridine rings is 2. The molecule has 4 aromatic rings. The SMILES string of the molecule is CN1CCC(C(=NC(C)(C)CO)c2ncccc2CCc2cccc(Cl)c2)CC1.CN1CCC(C2(c3ncccc3CCc3cccc(Cl)c3)NC(C)(C)CO2)CC1. The van der Waals surface area contributed by atoms with Crippen LogP contribution in [0.2, 0.25) is 10.0 Å². The first-order valence-corrected chi connectivity index (χ1v) is 21.9. The molecule has 0 amide bonds. The number of aryl methyl sites for hydroxylation is 4. The molecular formula is C48H64Cl2N6O2. The zero-order chi connectivity index (χ0) is 41.3. The van der Waals surface area contributed by atoms with E-state index in [1.807, 2.05) is 68.7 Å². The lowest BCUT2D eigenvalue weighted by Crippen LogP contribution is -2.54. The number of rotatable bonds is 12. The summed E-state index contributed by atoms with van der Waals surface area (Å²) < 4.78 is 6.62. The second-order valence-electron chi connectivity index (χ2n) is 17.9. The van der Waals surface area contributed by atoms with Crippen LogP contribution in [0.5, 0.6) is 0 Å². The lowest BCUT2D eigenvalue weighted by molar-refractivity contribution is -0.0848. The molecule has 312 valence electrons. The van der Waals surface area contributed by atoms with Gasteiger partial charge in [-0.15, -0.1) is 0 Å². The molecule has 2 aromatic heterocycles. The standard InChI is InChI=1S/2C24H32ClN3O/c1-23(2)17-29-24(27-23,20-11-14-28(3)15-12-20)22-19(7-5-13-26-22)10-9-18-6-4-8-21(25)16-18;1-24(2,17-29)27-23(20-11-14-28(3)15-12-20)22-19(7-5-13-26-22)10-9-18-6-4-8-21(25)16-18/h4-8,13,16,20,27H,9-12,14-15,17H2,1-3H3;4-8,13,16,20,29H,9-12,14-15,17H2,1-3H3. The second-order valence-corrected chi connectivity index (χ2v) is 18.8. The normalized spacial score (nSPS) is 21.2. The van der Waals surface area contributed by atoms with E-state index >= 15 is 0 Å². The van der Waals surface area contributed by atoms with Crippen molar-refractivity contribution in [2.75, 3.05) is 53.5 Å². The third-order valence-electron chi connectivity index (χ3n) is 11.9. The van der Waals surface area contributed by atoms with Crippen molar-refractivity contribution >= 4 is 28.9 Å². The molecule has 3 saturated heterocycles. The van der Waals surface area contributed by atoms with Gasteiger partial charge in [-0.25, -0.2) is 0 Å². The number of aliphatic imine (C=N–C) groups is 1. The van der Waals surface area contributed by atoms with Crippen LogP contribution in [0.4, 0.5) is 0 Å². The van der Waals surface area contributed by atoms with Crippen molar-refractivity contribution in [2.45, 2.75) is 95.9 Å². The Hall–Kier alpha value is -3.21. The number of hydrogen-bond acceptors (Lipinski definition) is 8. The predicted molar refractivity (Wildman–Crippen MR) is 239 cm³/mol. The number of likely N-dealkylation sites (tertiary alicyclic amines) is 2. The van der Waals surface area contributed by atoms with Gasteiger partial charge in [-0.05, 0) is 178 Å². The minimum atomic E-state index is -0.513. The van der Waals surface area contributed by atoms with Gasteiger partial charge in [0, 0.05) is 39.8 Å². The van der Waals surface area contributed by atoms with Crippen LogP contribution in [0.3, 0.4) is 0 Å². The molecule has 3 fully saturated rings. The number of nitrogens with zero attached hydrogens (tertiary/aromatic N) is 5. The molecule has 5 heterocycles. The third kappa shape index (κ3) is 11.7. The largest absolute Gasteiger partial charge is 0.394 e. The lowest BCUT2D eigenvalue weighted by atomic mass is 9.81. The number of ether oxygens (including phenoxy) is 1. The highest BCUT2D eigenvalue weighted by Crippen LogP contribution is 2.43. The third-order valence-corrected chi connectivity index (χ3v) is 12.4. The van der Waals surface area contributed by atoms with Crippen molar-refractivity contribution in [1.29, 1.82) is 0 Å². The van der Waals surface area contributed by atoms with Crippen LogP contribution in [-0.4, -0.2) is 95.2 Å². The van der Waals surface area contributed by atoms with Gasteiger partial charge >= 0.3 is 0 Å². The molecule has 8 nitrogen and oxygen atoms in total. The van der Waals surface area contributed by atoms with E-state index in [0.29, 0.717) is 18.4 Å². The first-order chi connectivity index (χ1) is 27.8. The van der Waals surface area contributed by atoms with Crippen molar-refractivity contribution < 1.29 is 9.84 Å². The Labute approximate surface area is 357 Å². The fraction of sp³-hybridized carbons (Fsp3) is 0.521. The molecular weight excluding hydrogens is 763 g/mol. The van der Waals surface area contributed by atoms with Crippen molar-refractivity contribution in [3.8, 4) is 0 Å². The molecule has 10 heteroatoms. The summed E-state index contributed by atoms with van der Waals surface area (Å²) in [5.74, 6) is 0.789. The van der Waals surface area contributed by atoms with Crippen LogP contribution in [0.15, 0.2) is 90.2 Å². The summed E-state index contributed by atoms with van der Waals surface area (Å²) in [5.41, 5.74) is 6.98. The maximum Gasteiger partial charge on any atom is 0.165 e.